The second-order valence-corrected chi connectivity index (χ2v) is 7.49. The summed E-state index contributed by atoms with van der Waals surface area (Å²) in [5, 5.41) is 14.6. The zero-order valence-electron chi connectivity index (χ0n) is 15.4. The average Bonchev–Trinajstić information content (AvgIpc) is 3.42. The maximum Gasteiger partial charge on any atom is 0.209 e. The number of hydrogen-bond donors (Lipinski definition) is 1. The molecule has 28 heavy (non-hydrogen) atoms. The SMILES string of the molecule is O[C@H](CN(Cc1ccccc1)Cc1ncc(-c2ccccc2)o1)c1ccsc1. The van der Waals surface area contributed by atoms with Gasteiger partial charge in [-0.3, -0.25) is 4.90 Å². The minimum atomic E-state index is -0.543. The number of hydrogen-bond acceptors (Lipinski definition) is 5. The van der Waals surface area contributed by atoms with Crippen molar-refractivity contribution in [3.8, 4) is 11.3 Å². The highest BCUT2D eigenvalue weighted by Crippen LogP contribution is 2.23. The van der Waals surface area contributed by atoms with E-state index < -0.39 is 6.10 Å². The first-order valence-corrected chi connectivity index (χ1v) is 10.2. The molecule has 0 fully saturated rings. The lowest BCUT2D eigenvalue weighted by Gasteiger charge is -2.23. The molecule has 4 nitrogen and oxygen atoms in total. The second-order valence-electron chi connectivity index (χ2n) is 6.71. The van der Waals surface area contributed by atoms with Gasteiger partial charge in [-0.1, -0.05) is 60.7 Å². The maximum atomic E-state index is 10.6. The van der Waals surface area contributed by atoms with Crippen molar-refractivity contribution in [2.75, 3.05) is 6.54 Å². The number of nitrogens with zero attached hydrogens (tertiary/aromatic N) is 2. The van der Waals surface area contributed by atoms with Crippen LogP contribution in [0.3, 0.4) is 0 Å². The summed E-state index contributed by atoms with van der Waals surface area (Å²) in [6.07, 6.45) is 1.22. The maximum absolute atomic E-state index is 10.6. The van der Waals surface area contributed by atoms with Crippen LogP contribution in [-0.4, -0.2) is 21.5 Å². The van der Waals surface area contributed by atoms with E-state index in [2.05, 4.69) is 22.0 Å². The number of benzene rings is 2. The monoisotopic (exact) mass is 390 g/mol. The van der Waals surface area contributed by atoms with Crippen molar-refractivity contribution >= 4 is 11.3 Å². The van der Waals surface area contributed by atoms with Gasteiger partial charge in [-0.25, -0.2) is 4.98 Å². The van der Waals surface area contributed by atoms with Crippen LogP contribution in [0.2, 0.25) is 0 Å². The second kappa shape index (κ2) is 8.97. The largest absolute Gasteiger partial charge is 0.439 e. The van der Waals surface area contributed by atoms with Crippen molar-refractivity contribution in [1.82, 2.24) is 9.88 Å². The Morgan fingerprint density at radius 2 is 1.71 bits per heavy atom. The van der Waals surface area contributed by atoms with Crippen LogP contribution in [0.4, 0.5) is 0 Å². The van der Waals surface area contributed by atoms with Gasteiger partial charge in [0.25, 0.3) is 0 Å². The number of thiophene rings is 1. The number of oxazole rings is 1. The third-order valence-corrected chi connectivity index (χ3v) is 5.28. The van der Waals surface area contributed by atoms with Crippen LogP contribution in [0.15, 0.2) is 88.1 Å². The Hall–Kier alpha value is -2.73. The molecule has 4 rings (SSSR count). The summed E-state index contributed by atoms with van der Waals surface area (Å²) in [6, 6.07) is 22.2. The zero-order chi connectivity index (χ0) is 19.2. The van der Waals surface area contributed by atoms with Gasteiger partial charge in [0.1, 0.15) is 0 Å². The number of aliphatic hydroxyl groups excluding tert-OH is 1. The first kappa shape index (κ1) is 18.6. The first-order valence-electron chi connectivity index (χ1n) is 9.24. The quantitative estimate of drug-likeness (QED) is 0.453. The van der Waals surface area contributed by atoms with Gasteiger partial charge in [0.15, 0.2) is 5.76 Å². The fourth-order valence-corrected chi connectivity index (χ4v) is 3.86. The van der Waals surface area contributed by atoms with Gasteiger partial charge >= 0.3 is 0 Å². The van der Waals surface area contributed by atoms with Gasteiger partial charge in [-0.05, 0) is 28.0 Å². The van der Waals surface area contributed by atoms with E-state index in [-0.39, 0.29) is 0 Å². The van der Waals surface area contributed by atoms with Crippen molar-refractivity contribution < 1.29 is 9.52 Å². The molecule has 0 radical (unpaired) electrons. The molecular formula is C23H22N2O2S. The number of rotatable bonds is 8. The van der Waals surface area contributed by atoms with Crippen molar-refractivity contribution in [2.45, 2.75) is 19.2 Å². The molecule has 0 spiro atoms. The highest BCUT2D eigenvalue weighted by molar-refractivity contribution is 7.07. The van der Waals surface area contributed by atoms with Gasteiger partial charge in [-0.2, -0.15) is 11.3 Å². The molecule has 4 aromatic rings. The van der Waals surface area contributed by atoms with Gasteiger partial charge < -0.3 is 9.52 Å². The predicted molar refractivity (Wildman–Crippen MR) is 112 cm³/mol. The Balaban J connectivity index is 1.50. The summed E-state index contributed by atoms with van der Waals surface area (Å²) >= 11 is 1.59. The lowest BCUT2D eigenvalue weighted by atomic mass is 10.1. The van der Waals surface area contributed by atoms with Crippen LogP contribution in [0.25, 0.3) is 11.3 Å². The van der Waals surface area contributed by atoms with E-state index >= 15 is 0 Å². The fraction of sp³-hybridized carbons (Fsp3) is 0.174. The number of aromatic nitrogens is 1. The molecule has 1 atom stereocenters. The summed E-state index contributed by atoms with van der Waals surface area (Å²) in [4.78, 5) is 6.62. The Bertz CT molecular complexity index is 968. The van der Waals surface area contributed by atoms with E-state index in [4.69, 9.17) is 4.42 Å². The molecule has 0 aliphatic heterocycles. The Kier molecular flexibility index (Phi) is 5.97. The Morgan fingerprint density at radius 1 is 0.964 bits per heavy atom. The van der Waals surface area contributed by atoms with E-state index in [1.165, 1.54) is 5.56 Å². The van der Waals surface area contributed by atoms with E-state index in [9.17, 15) is 5.11 Å². The van der Waals surface area contributed by atoms with Crippen LogP contribution >= 0.6 is 11.3 Å². The summed E-state index contributed by atoms with van der Waals surface area (Å²) in [7, 11) is 0. The molecule has 2 heterocycles. The average molecular weight is 391 g/mol. The van der Waals surface area contributed by atoms with Gasteiger partial charge in [0, 0.05) is 18.7 Å². The molecule has 0 aliphatic rings. The lowest BCUT2D eigenvalue weighted by Crippen LogP contribution is -2.28. The Morgan fingerprint density at radius 3 is 2.43 bits per heavy atom. The molecule has 0 saturated carbocycles. The van der Waals surface area contributed by atoms with Crippen molar-refractivity contribution in [2.24, 2.45) is 0 Å². The van der Waals surface area contributed by atoms with E-state index in [1.54, 1.807) is 17.5 Å². The third-order valence-electron chi connectivity index (χ3n) is 4.58. The molecule has 0 aliphatic carbocycles. The first-order chi connectivity index (χ1) is 13.8. The Labute approximate surface area is 168 Å². The van der Waals surface area contributed by atoms with Crippen LogP contribution in [-0.2, 0) is 13.1 Å². The third kappa shape index (κ3) is 4.75. The summed E-state index contributed by atoms with van der Waals surface area (Å²) in [5.74, 6) is 1.40. The molecule has 2 aromatic heterocycles. The fourth-order valence-electron chi connectivity index (χ4n) is 3.15. The van der Waals surface area contributed by atoms with Gasteiger partial charge in [0.2, 0.25) is 5.89 Å². The normalized spacial score (nSPS) is 12.4. The van der Waals surface area contributed by atoms with Gasteiger partial charge in [-0.15, -0.1) is 0 Å². The van der Waals surface area contributed by atoms with E-state index in [1.807, 2.05) is 65.4 Å². The van der Waals surface area contributed by atoms with E-state index in [0.717, 1.165) is 16.9 Å². The van der Waals surface area contributed by atoms with E-state index in [0.29, 0.717) is 25.5 Å². The highest BCUT2D eigenvalue weighted by atomic mass is 32.1. The minimum absolute atomic E-state index is 0.509. The highest BCUT2D eigenvalue weighted by Gasteiger charge is 2.17. The van der Waals surface area contributed by atoms with Gasteiger partial charge in [0.05, 0.1) is 18.8 Å². The standard InChI is InChI=1S/C23H22N2O2S/c26-21(20-11-12-28-17-20)15-25(14-18-7-3-1-4-8-18)16-23-24-13-22(27-23)19-9-5-2-6-10-19/h1-13,17,21,26H,14-16H2/t21-/m1/s1. The topological polar surface area (TPSA) is 49.5 Å². The molecular weight excluding hydrogens is 368 g/mol. The molecule has 0 unspecified atom stereocenters. The number of aliphatic hydroxyl groups is 1. The molecule has 0 amide bonds. The van der Waals surface area contributed by atoms with Crippen LogP contribution in [0.1, 0.15) is 23.1 Å². The summed E-state index contributed by atoms with van der Waals surface area (Å²) < 4.78 is 5.98. The van der Waals surface area contributed by atoms with Crippen LogP contribution in [0.5, 0.6) is 0 Å². The summed E-state index contributed by atoms with van der Waals surface area (Å²) in [5.41, 5.74) is 3.14. The summed E-state index contributed by atoms with van der Waals surface area (Å²) in [6.45, 7) is 1.75. The van der Waals surface area contributed by atoms with Crippen LogP contribution in [0, 0.1) is 0 Å². The molecule has 0 bridgehead atoms. The molecule has 2 aromatic carbocycles. The van der Waals surface area contributed by atoms with Crippen molar-refractivity contribution in [3.63, 3.8) is 0 Å². The van der Waals surface area contributed by atoms with Crippen molar-refractivity contribution in [1.29, 1.82) is 0 Å². The predicted octanol–water partition coefficient (Wildman–Crippen LogP) is 5.14. The van der Waals surface area contributed by atoms with Crippen LogP contribution < -0.4 is 0 Å². The zero-order valence-corrected chi connectivity index (χ0v) is 16.3. The molecule has 1 N–H and O–H groups in total. The van der Waals surface area contributed by atoms with Crippen molar-refractivity contribution in [3.05, 3.63) is 101 Å². The molecule has 142 valence electrons. The molecule has 5 heteroatoms. The smallest absolute Gasteiger partial charge is 0.209 e. The minimum Gasteiger partial charge on any atom is -0.439 e. The molecule has 0 saturated heterocycles. The lowest BCUT2D eigenvalue weighted by molar-refractivity contribution is 0.0998.